The highest BCUT2D eigenvalue weighted by Crippen LogP contribution is 2.19. The zero-order valence-electron chi connectivity index (χ0n) is 10.0. The zero-order valence-corrected chi connectivity index (χ0v) is 10.8. The lowest BCUT2D eigenvalue weighted by Gasteiger charge is -2.21. The maximum absolute atomic E-state index is 11.7. The summed E-state index contributed by atoms with van der Waals surface area (Å²) in [4.78, 5) is 11.7. The number of anilines is 1. The van der Waals surface area contributed by atoms with E-state index in [2.05, 4.69) is 20.8 Å². The van der Waals surface area contributed by atoms with E-state index >= 15 is 0 Å². The maximum atomic E-state index is 11.7. The third kappa shape index (κ3) is 4.05. The summed E-state index contributed by atoms with van der Waals surface area (Å²) in [6, 6.07) is 0. The van der Waals surface area contributed by atoms with E-state index in [9.17, 15) is 4.79 Å². The average molecular weight is 254 g/mol. The molecular weight excluding hydrogens is 236 g/mol. The molecule has 1 aliphatic heterocycles. The number of hydrogen-bond acceptors (Lipinski definition) is 5. The second kappa shape index (κ2) is 6.07. The topological polar surface area (TPSA) is 66.9 Å². The Morgan fingerprint density at radius 3 is 2.88 bits per heavy atom. The Kier molecular flexibility index (Phi) is 4.44. The smallest absolute Gasteiger partial charge is 0.226 e. The Morgan fingerprint density at radius 2 is 2.24 bits per heavy atom. The zero-order chi connectivity index (χ0) is 12.1. The van der Waals surface area contributed by atoms with Crippen molar-refractivity contribution in [1.29, 1.82) is 0 Å². The Hall–Kier alpha value is -1.01. The number of nitrogens with zero attached hydrogens (tertiary/aromatic N) is 2. The fourth-order valence-electron chi connectivity index (χ4n) is 2.03. The van der Waals surface area contributed by atoms with Gasteiger partial charge in [-0.3, -0.25) is 4.79 Å². The van der Waals surface area contributed by atoms with Gasteiger partial charge >= 0.3 is 0 Å². The molecule has 0 radical (unpaired) electrons. The number of piperidine rings is 1. The average Bonchev–Trinajstić information content (AvgIpc) is 2.73. The largest absolute Gasteiger partial charge is 0.317 e. The van der Waals surface area contributed by atoms with Crippen LogP contribution in [0.3, 0.4) is 0 Å². The van der Waals surface area contributed by atoms with E-state index in [0.717, 1.165) is 24.5 Å². The number of rotatable bonds is 4. The number of carbonyl (C=O) groups is 1. The van der Waals surface area contributed by atoms with Gasteiger partial charge in [0.15, 0.2) is 0 Å². The van der Waals surface area contributed by atoms with Gasteiger partial charge in [-0.1, -0.05) is 11.3 Å². The number of nitrogens with one attached hydrogen (secondary N) is 2. The predicted molar refractivity (Wildman–Crippen MR) is 68.1 cm³/mol. The van der Waals surface area contributed by atoms with E-state index in [4.69, 9.17) is 0 Å². The lowest BCUT2D eigenvalue weighted by Crippen LogP contribution is -2.28. The van der Waals surface area contributed by atoms with Gasteiger partial charge in [0, 0.05) is 6.42 Å². The van der Waals surface area contributed by atoms with Crippen LogP contribution in [0.2, 0.25) is 0 Å². The van der Waals surface area contributed by atoms with E-state index in [-0.39, 0.29) is 5.91 Å². The second-order valence-electron chi connectivity index (χ2n) is 4.41. The summed E-state index contributed by atoms with van der Waals surface area (Å²) in [7, 11) is 0. The van der Waals surface area contributed by atoms with Crippen LogP contribution in [0.15, 0.2) is 0 Å². The highest BCUT2D eigenvalue weighted by atomic mass is 32.1. The summed E-state index contributed by atoms with van der Waals surface area (Å²) in [6.07, 6.45) is 3.94. The lowest BCUT2D eigenvalue weighted by molar-refractivity contribution is -0.116. The summed E-state index contributed by atoms with van der Waals surface area (Å²) >= 11 is 1.41. The van der Waals surface area contributed by atoms with Crippen LogP contribution in [0.4, 0.5) is 5.13 Å². The molecule has 6 heteroatoms. The van der Waals surface area contributed by atoms with Gasteiger partial charge in [-0.05, 0) is 45.2 Å². The van der Waals surface area contributed by atoms with Crippen molar-refractivity contribution in [2.75, 3.05) is 18.4 Å². The van der Waals surface area contributed by atoms with Gasteiger partial charge in [-0.2, -0.15) is 0 Å². The van der Waals surface area contributed by atoms with E-state index in [1.165, 1.54) is 24.2 Å². The molecule has 1 aromatic rings. The Bertz CT molecular complexity index is 373. The molecule has 1 aliphatic rings. The minimum Gasteiger partial charge on any atom is -0.317 e. The van der Waals surface area contributed by atoms with Crippen molar-refractivity contribution in [3.8, 4) is 0 Å². The van der Waals surface area contributed by atoms with Crippen LogP contribution in [0.25, 0.3) is 0 Å². The Balaban J connectivity index is 1.70. The minimum absolute atomic E-state index is 0.0553. The van der Waals surface area contributed by atoms with Crippen LogP contribution in [-0.4, -0.2) is 29.2 Å². The van der Waals surface area contributed by atoms with Crippen LogP contribution < -0.4 is 10.6 Å². The van der Waals surface area contributed by atoms with E-state index in [1.54, 1.807) is 0 Å². The predicted octanol–water partition coefficient (Wildman–Crippen LogP) is 1.56. The molecule has 0 unspecified atom stereocenters. The molecule has 0 atom stereocenters. The molecule has 0 bridgehead atoms. The van der Waals surface area contributed by atoms with E-state index < -0.39 is 0 Å². The molecule has 1 fully saturated rings. The summed E-state index contributed by atoms with van der Waals surface area (Å²) in [6.45, 7) is 4.05. The van der Waals surface area contributed by atoms with Crippen molar-refractivity contribution in [2.45, 2.75) is 32.6 Å². The van der Waals surface area contributed by atoms with Crippen molar-refractivity contribution >= 4 is 22.4 Å². The van der Waals surface area contributed by atoms with Gasteiger partial charge in [-0.25, -0.2) is 0 Å². The van der Waals surface area contributed by atoms with Gasteiger partial charge < -0.3 is 10.6 Å². The number of hydrogen-bond donors (Lipinski definition) is 2. The summed E-state index contributed by atoms with van der Waals surface area (Å²) in [5, 5.41) is 15.3. The van der Waals surface area contributed by atoms with Crippen molar-refractivity contribution in [3.63, 3.8) is 0 Å². The van der Waals surface area contributed by atoms with Gasteiger partial charge in [0.05, 0.1) is 0 Å². The number of amides is 1. The SMILES string of the molecule is Cc1nnc(NC(=O)CCC2CCNCC2)s1. The van der Waals surface area contributed by atoms with Crippen molar-refractivity contribution in [2.24, 2.45) is 5.92 Å². The molecule has 94 valence electrons. The number of carbonyl (C=O) groups excluding carboxylic acids is 1. The Labute approximate surface area is 105 Å². The third-order valence-electron chi connectivity index (χ3n) is 3.01. The molecule has 1 saturated heterocycles. The summed E-state index contributed by atoms with van der Waals surface area (Å²) in [5.41, 5.74) is 0. The molecule has 2 N–H and O–H groups in total. The Morgan fingerprint density at radius 1 is 1.47 bits per heavy atom. The number of aryl methyl sites for hydroxylation is 1. The summed E-state index contributed by atoms with van der Waals surface area (Å²) < 4.78 is 0. The van der Waals surface area contributed by atoms with Crippen LogP contribution in [0, 0.1) is 12.8 Å². The minimum atomic E-state index is 0.0553. The first kappa shape index (κ1) is 12.4. The molecule has 0 spiro atoms. The standard InChI is InChI=1S/C11H18N4OS/c1-8-14-15-11(17-8)13-10(16)3-2-9-4-6-12-7-5-9/h9,12H,2-7H2,1H3,(H,13,15,16). The first-order valence-electron chi connectivity index (χ1n) is 6.04. The second-order valence-corrected chi connectivity index (χ2v) is 5.59. The van der Waals surface area contributed by atoms with Crippen LogP contribution in [0.1, 0.15) is 30.7 Å². The van der Waals surface area contributed by atoms with Gasteiger partial charge in [0.2, 0.25) is 11.0 Å². The van der Waals surface area contributed by atoms with E-state index in [0.29, 0.717) is 17.5 Å². The molecule has 2 rings (SSSR count). The highest BCUT2D eigenvalue weighted by molar-refractivity contribution is 7.15. The molecule has 1 aromatic heterocycles. The maximum Gasteiger partial charge on any atom is 0.226 e. The molecular formula is C11H18N4OS. The van der Waals surface area contributed by atoms with Crippen LogP contribution in [0.5, 0.6) is 0 Å². The lowest BCUT2D eigenvalue weighted by atomic mass is 9.93. The molecule has 0 saturated carbocycles. The van der Waals surface area contributed by atoms with Crippen LogP contribution >= 0.6 is 11.3 Å². The highest BCUT2D eigenvalue weighted by Gasteiger charge is 2.15. The molecule has 17 heavy (non-hydrogen) atoms. The van der Waals surface area contributed by atoms with E-state index in [1.807, 2.05) is 6.92 Å². The molecule has 0 aliphatic carbocycles. The molecule has 2 heterocycles. The van der Waals surface area contributed by atoms with Crippen molar-refractivity contribution in [3.05, 3.63) is 5.01 Å². The fraction of sp³-hybridized carbons (Fsp3) is 0.727. The first-order valence-corrected chi connectivity index (χ1v) is 6.86. The third-order valence-corrected chi connectivity index (χ3v) is 3.76. The molecule has 1 amide bonds. The van der Waals surface area contributed by atoms with Crippen LogP contribution in [-0.2, 0) is 4.79 Å². The molecule has 5 nitrogen and oxygen atoms in total. The van der Waals surface area contributed by atoms with Gasteiger partial charge in [-0.15, -0.1) is 10.2 Å². The quantitative estimate of drug-likeness (QED) is 0.856. The first-order chi connectivity index (χ1) is 8.24. The monoisotopic (exact) mass is 254 g/mol. The van der Waals surface area contributed by atoms with Crippen molar-refractivity contribution < 1.29 is 4.79 Å². The summed E-state index contributed by atoms with van der Waals surface area (Å²) in [5.74, 6) is 0.748. The molecule has 0 aromatic carbocycles. The fourth-order valence-corrected chi connectivity index (χ4v) is 2.64. The van der Waals surface area contributed by atoms with Crippen molar-refractivity contribution in [1.82, 2.24) is 15.5 Å². The number of aromatic nitrogens is 2. The van der Waals surface area contributed by atoms with Gasteiger partial charge in [0.25, 0.3) is 0 Å². The normalized spacial score (nSPS) is 17.0. The van der Waals surface area contributed by atoms with Gasteiger partial charge in [0.1, 0.15) is 5.01 Å².